The predicted octanol–water partition coefficient (Wildman–Crippen LogP) is 0.412. The minimum atomic E-state index is -3.02. The molecule has 0 radical (unpaired) electrons. The molecule has 0 bridgehead atoms. The Balaban J connectivity index is 2.66. The van der Waals surface area contributed by atoms with Crippen molar-refractivity contribution in [1.29, 1.82) is 0 Å². The summed E-state index contributed by atoms with van der Waals surface area (Å²) in [5.74, 6) is 0.0581. The Bertz CT molecular complexity index is 386. The van der Waals surface area contributed by atoms with Crippen molar-refractivity contribution in [2.75, 3.05) is 32.1 Å². The summed E-state index contributed by atoms with van der Waals surface area (Å²) in [6.45, 7) is 3.20. The van der Waals surface area contributed by atoms with Crippen molar-refractivity contribution in [2.45, 2.75) is 38.1 Å². The van der Waals surface area contributed by atoms with Crippen molar-refractivity contribution in [3.63, 3.8) is 0 Å². The van der Waals surface area contributed by atoms with Crippen molar-refractivity contribution in [1.82, 2.24) is 10.2 Å². The lowest BCUT2D eigenvalue weighted by Crippen LogP contribution is -2.54. The Labute approximate surface area is 110 Å². The zero-order valence-electron chi connectivity index (χ0n) is 11.5. The molecule has 1 rings (SSSR count). The van der Waals surface area contributed by atoms with Crippen LogP contribution >= 0.6 is 0 Å². The maximum absolute atomic E-state index is 12.4. The van der Waals surface area contributed by atoms with Crippen LogP contribution in [0.1, 0.15) is 32.6 Å². The van der Waals surface area contributed by atoms with Crippen molar-refractivity contribution in [3.8, 4) is 0 Å². The van der Waals surface area contributed by atoms with Crippen LogP contribution in [0.2, 0.25) is 0 Å². The second-order valence-corrected chi connectivity index (χ2v) is 7.48. The van der Waals surface area contributed by atoms with E-state index in [0.717, 1.165) is 32.2 Å². The molecule has 0 spiro atoms. The predicted molar refractivity (Wildman–Crippen MR) is 72.2 cm³/mol. The average Bonchev–Trinajstić information content (AvgIpc) is 2.74. The third kappa shape index (κ3) is 3.95. The Kier molecular flexibility index (Phi) is 5.16. The Morgan fingerprint density at radius 1 is 1.44 bits per heavy atom. The number of nitrogens with one attached hydrogen (secondary N) is 1. The van der Waals surface area contributed by atoms with E-state index in [9.17, 15) is 13.2 Å². The van der Waals surface area contributed by atoms with Crippen LogP contribution in [-0.2, 0) is 14.6 Å². The Morgan fingerprint density at radius 2 is 2.11 bits per heavy atom. The molecule has 1 saturated heterocycles. The van der Waals surface area contributed by atoms with E-state index < -0.39 is 15.4 Å². The number of hydrogen-bond donors (Lipinski definition) is 1. The van der Waals surface area contributed by atoms with Gasteiger partial charge in [0.1, 0.15) is 9.84 Å². The molecule has 1 fully saturated rings. The van der Waals surface area contributed by atoms with Gasteiger partial charge >= 0.3 is 0 Å². The van der Waals surface area contributed by atoms with Crippen LogP contribution in [-0.4, -0.2) is 56.9 Å². The minimum Gasteiger partial charge on any atom is -0.343 e. The molecule has 6 heteroatoms. The van der Waals surface area contributed by atoms with Crippen LogP contribution in [0.15, 0.2) is 0 Å². The highest BCUT2D eigenvalue weighted by Gasteiger charge is 2.41. The van der Waals surface area contributed by atoms with Gasteiger partial charge in [-0.25, -0.2) is 8.42 Å². The van der Waals surface area contributed by atoms with Crippen molar-refractivity contribution < 1.29 is 13.2 Å². The fourth-order valence-electron chi connectivity index (χ4n) is 2.51. The quantitative estimate of drug-likeness (QED) is 0.763. The maximum atomic E-state index is 12.4. The summed E-state index contributed by atoms with van der Waals surface area (Å²) in [6, 6.07) is 0. The molecule has 5 nitrogen and oxygen atoms in total. The first-order valence-electron chi connectivity index (χ1n) is 6.49. The van der Waals surface area contributed by atoms with Gasteiger partial charge in [-0.05, 0) is 25.8 Å². The molecular weight excluding hydrogens is 252 g/mol. The van der Waals surface area contributed by atoms with Crippen molar-refractivity contribution >= 4 is 15.7 Å². The first kappa shape index (κ1) is 15.4. The summed E-state index contributed by atoms with van der Waals surface area (Å²) >= 11 is 0. The molecular formula is C12H24N2O3S. The molecule has 106 valence electrons. The van der Waals surface area contributed by atoms with E-state index in [1.165, 1.54) is 6.26 Å². The summed E-state index contributed by atoms with van der Waals surface area (Å²) < 4.78 is 22.3. The standard InChI is InChI=1S/C12H24N2O3S/c1-4-6-12(7-5-8-13-12)11(15)14(2)9-10-18(3,16)17/h13H,4-10H2,1-3H3. The summed E-state index contributed by atoms with van der Waals surface area (Å²) in [7, 11) is -1.34. The monoisotopic (exact) mass is 276 g/mol. The van der Waals surface area contributed by atoms with Crippen LogP contribution in [0.5, 0.6) is 0 Å². The lowest BCUT2D eigenvalue weighted by molar-refractivity contribution is -0.136. The van der Waals surface area contributed by atoms with Gasteiger partial charge in [0, 0.05) is 19.8 Å². The molecule has 1 atom stereocenters. The molecule has 0 aromatic heterocycles. The van der Waals surface area contributed by atoms with Gasteiger partial charge < -0.3 is 10.2 Å². The molecule has 1 amide bonds. The second kappa shape index (κ2) is 6.02. The topological polar surface area (TPSA) is 66.5 Å². The van der Waals surface area contributed by atoms with Crippen LogP contribution < -0.4 is 5.32 Å². The SMILES string of the molecule is CCCC1(C(=O)N(C)CCS(C)(=O)=O)CCCN1. The van der Waals surface area contributed by atoms with E-state index >= 15 is 0 Å². The van der Waals surface area contributed by atoms with Gasteiger partial charge in [-0.3, -0.25) is 4.79 Å². The zero-order chi connectivity index (χ0) is 13.8. The summed E-state index contributed by atoms with van der Waals surface area (Å²) in [5, 5.41) is 3.31. The van der Waals surface area contributed by atoms with Gasteiger partial charge in [0.05, 0.1) is 11.3 Å². The third-order valence-electron chi connectivity index (χ3n) is 3.47. The highest BCUT2D eigenvalue weighted by atomic mass is 32.2. The summed E-state index contributed by atoms with van der Waals surface area (Å²) in [5.41, 5.74) is -0.457. The number of amides is 1. The Hall–Kier alpha value is -0.620. The van der Waals surface area contributed by atoms with Gasteiger partial charge in [0.15, 0.2) is 0 Å². The van der Waals surface area contributed by atoms with Gasteiger partial charge in [-0.15, -0.1) is 0 Å². The van der Waals surface area contributed by atoms with Crippen LogP contribution in [0.25, 0.3) is 0 Å². The number of carbonyl (C=O) groups excluding carboxylic acids is 1. The van der Waals surface area contributed by atoms with Crippen LogP contribution in [0.3, 0.4) is 0 Å². The fourth-order valence-corrected chi connectivity index (χ4v) is 3.11. The van der Waals surface area contributed by atoms with Gasteiger partial charge in [-0.1, -0.05) is 13.3 Å². The normalized spacial score (nSPS) is 24.2. The van der Waals surface area contributed by atoms with E-state index in [0.29, 0.717) is 0 Å². The molecule has 18 heavy (non-hydrogen) atoms. The highest BCUT2D eigenvalue weighted by Crippen LogP contribution is 2.26. The first-order valence-corrected chi connectivity index (χ1v) is 8.55. The minimum absolute atomic E-state index is 0.0252. The van der Waals surface area contributed by atoms with E-state index in [2.05, 4.69) is 12.2 Å². The van der Waals surface area contributed by atoms with E-state index in [1.54, 1.807) is 11.9 Å². The number of likely N-dealkylation sites (N-methyl/N-ethyl adjacent to an activating group) is 1. The molecule has 0 saturated carbocycles. The summed E-state index contributed by atoms with van der Waals surface area (Å²) in [6.07, 6.45) is 4.81. The molecule has 0 aromatic rings. The van der Waals surface area contributed by atoms with Gasteiger partial charge in [0.2, 0.25) is 5.91 Å². The van der Waals surface area contributed by atoms with Crippen molar-refractivity contribution in [2.24, 2.45) is 0 Å². The number of hydrogen-bond acceptors (Lipinski definition) is 4. The number of sulfone groups is 1. The van der Waals surface area contributed by atoms with Gasteiger partial charge in [0.25, 0.3) is 0 Å². The molecule has 0 aromatic carbocycles. The van der Waals surface area contributed by atoms with E-state index in [-0.39, 0.29) is 18.2 Å². The number of carbonyl (C=O) groups is 1. The average molecular weight is 276 g/mol. The molecule has 1 aliphatic heterocycles. The first-order chi connectivity index (χ1) is 8.31. The summed E-state index contributed by atoms with van der Waals surface area (Å²) in [4.78, 5) is 14.0. The number of rotatable bonds is 6. The Morgan fingerprint density at radius 3 is 2.56 bits per heavy atom. The lowest BCUT2D eigenvalue weighted by Gasteiger charge is -2.32. The van der Waals surface area contributed by atoms with E-state index in [4.69, 9.17) is 0 Å². The smallest absolute Gasteiger partial charge is 0.242 e. The molecule has 1 heterocycles. The maximum Gasteiger partial charge on any atom is 0.242 e. The fraction of sp³-hybridized carbons (Fsp3) is 0.917. The van der Waals surface area contributed by atoms with Gasteiger partial charge in [-0.2, -0.15) is 0 Å². The molecule has 1 aliphatic rings. The molecule has 1 N–H and O–H groups in total. The zero-order valence-corrected chi connectivity index (χ0v) is 12.3. The number of nitrogens with zero attached hydrogens (tertiary/aromatic N) is 1. The third-order valence-corrected chi connectivity index (χ3v) is 4.40. The molecule has 1 unspecified atom stereocenters. The molecule has 0 aliphatic carbocycles. The van der Waals surface area contributed by atoms with Crippen molar-refractivity contribution in [3.05, 3.63) is 0 Å². The largest absolute Gasteiger partial charge is 0.343 e. The van der Waals surface area contributed by atoms with E-state index in [1.807, 2.05) is 0 Å². The highest BCUT2D eigenvalue weighted by molar-refractivity contribution is 7.90. The van der Waals surface area contributed by atoms with Crippen LogP contribution in [0.4, 0.5) is 0 Å². The second-order valence-electron chi connectivity index (χ2n) is 5.22. The van der Waals surface area contributed by atoms with Crippen LogP contribution in [0, 0.1) is 0 Å². The lowest BCUT2D eigenvalue weighted by atomic mass is 9.90.